The van der Waals surface area contributed by atoms with E-state index in [1.54, 1.807) is 0 Å². The van der Waals surface area contributed by atoms with Crippen LogP contribution in [0.2, 0.25) is 0 Å². The van der Waals surface area contributed by atoms with Gasteiger partial charge in [0.2, 0.25) is 0 Å². The topological polar surface area (TPSA) is 29.5 Å². The molecule has 0 aromatic heterocycles. The molecule has 0 radical (unpaired) electrons. The van der Waals surface area contributed by atoms with Crippen LogP contribution in [0, 0.1) is 17.3 Å². The van der Waals surface area contributed by atoms with Crippen LogP contribution in [0.15, 0.2) is 0 Å². The molecule has 3 aliphatic carbocycles. The average molecular weight is 266 g/mol. The van der Waals surface area contributed by atoms with Crippen molar-refractivity contribution in [2.75, 3.05) is 0 Å². The van der Waals surface area contributed by atoms with Gasteiger partial charge >= 0.3 is 0 Å². The van der Waals surface area contributed by atoms with Gasteiger partial charge in [-0.3, -0.25) is 0 Å². The molecule has 1 spiro atoms. The van der Waals surface area contributed by atoms with Crippen LogP contribution in [0.5, 0.6) is 0 Å². The fraction of sp³-hybridized carbons (Fsp3) is 1.00. The zero-order valence-corrected chi connectivity index (χ0v) is 12.6. The van der Waals surface area contributed by atoms with Crippen LogP contribution >= 0.6 is 0 Å². The van der Waals surface area contributed by atoms with Gasteiger partial charge < -0.3 is 9.84 Å². The second kappa shape index (κ2) is 5.37. The van der Waals surface area contributed by atoms with Crippen molar-refractivity contribution in [2.24, 2.45) is 17.3 Å². The standard InChI is InChI=1S/C17H30O2/c1-12-6-7-14(10-13(12)2)19-16-11-15(18)17(16)8-4-3-5-9-17/h12-16,18H,3-11H2,1-2H3. The number of aliphatic hydroxyl groups excluding tert-OH is 1. The highest BCUT2D eigenvalue weighted by molar-refractivity contribution is 5.05. The minimum Gasteiger partial charge on any atom is -0.392 e. The van der Waals surface area contributed by atoms with Gasteiger partial charge in [-0.05, 0) is 43.9 Å². The predicted molar refractivity (Wildman–Crippen MR) is 77.0 cm³/mol. The van der Waals surface area contributed by atoms with Crippen molar-refractivity contribution >= 4 is 0 Å². The summed E-state index contributed by atoms with van der Waals surface area (Å²) in [6, 6.07) is 0. The van der Waals surface area contributed by atoms with Gasteiger partial charge in [-0.25, -0.2) is 0 Å². The van der Waals surface area contributed by atoms with Crippen LogP contribution in [-0.2, 0) is 4.74 Å². The minimum atomic E-state index is -0.0854. The average Bonchev–Trinajstić information content (AvgIpc) is 2.43. The van der Waals surface area contributed by atoms with Crippen molar-refractivity contribution in [3.05, 3.63) is 0 Å². The largest absolute Gasteiger partial charge is 0.392 e. The highest BCUT2D eigenvalue weighted by atomic mass is 16.5. The predicted octanol–water partition coefficient (Wildman–Crippen LogP) is 3.91. The van der Waals surface area contributed by atoms with Crippen LogP contribution in [0.25, 0.3) is 0 Å². The third-order valence-electron chi connectivity index (χ3n) is 6.43. The van der Waals surface area contributed by atoms with Gasteiger partial charge in [-0.15, -0.1) is 0 Å². The summed E-state index contributed by atoms with van der Waals surface area (Å²) >= 11 is 0. The van der Waals surface area contributed by atoms with Gasteiger partial charge in [0.05, 0.1) is 18.3 Å². The first-order valence-electron chi connectivity index (χ1n) is 8.45. The highest BCUT2D eigenvalue weighted by Crippen LogP contribution is 2.54. The van der Waals surface area contributed by atoms with Crippen molar-refractivity contribution in [3.8, 4) is 0 Å². The zero-order chi connectivity index (χ0) is 13.5. The zero-order valence-electron chi connectivity index (χ0n) is 12.6. The summed E-state index contributed by atoms with van der Waals surface area (Å²) < 4.78 is 6.45. The molecule has 0 aromatic rings. The normalized spacial score (nSPS) is 45.9. The Hall–Kier alpha value is -0.0800. The van der Waals surface area contributed by atoms with Crippen molar-refractivity contribution in [3.63, 3.8) is 0 Å². The Kier molecular flexibility index (Phi) is 3.92. The molecule has 3 saturated carbocycles. The molecule has 1 N–H and O–H groups in total. The van der Waals surface area contributed by atoms with Gasteiger partial charge in [0, 0.05) is 11.8 Å². The SMILES string of the molecule is CC1CCC(OC2CC(O)C23CCCCC3)CC1C. The fourth-order valence-corrected chi connectivity index (χ4v) is 4.64. The van der Waals surface area contributed by atoms with Crippen LogP contribution < -0.4 is 0 Å². The molecule has 0 aliphatic heterocycles. The van der Waals surface area contributed by atoms with Crippen molar-refractivity contribution in [1.29, 1.82) is 0 Å². The lowest BCUT2D eigenvalue weighted by molar-refractivity contribution is -0.228. The third-order valence-corrected chi connectivity index (χ3v) is 6.43. The summed E-state index contributed by atoms with van der Waals surface area (Å²) in [4.78, 5) is 0. The molecular weight excluding hydrogens is 236 g/mol. The molecule has 0 saturated heterocycles. The lowest BCUT2D eigenvalue weighted by Crippen LogP contribution is -2.60. The lowest BCUT2D eigenvalue weighted by atomic mass is 9.56. The van der Waals surface area contributed by atoms with E-state index in [2.05, 4.69) is 13.8 Å². The lowest BCUT2D eigenvalue weighted by Gasteiger charge is -2.56. The van der Waals surface area contributed by atoms with Gasteiger partial charge in [-0.1, -0.05) is 33.1 Å². The Labute approximate surface area is 117 Å². The second-order valence-corrected chi connectivity index (χ2v) is 7.56. The minimum absolute atomic E-state index is 0.0854. The Balaban J connectivity index is 1.58. The van der Waals surface area contributed by atoms with E-state index in [0.717, 1.165) is 18.3 Å². The molecule has 0 aromatic carbocycles. The molecule has 3 fully saturated rings. The molecule has 5 atom stereocenters. The summed E-state index contributed by atoms with van der Waals surface area (Å²) in [5, 5.41) is 10.2. The molecule has 0 heterocycles. The highest BCUT2D eigenvalue weighted by Gasteiger charge is 2.55. The van der Waals surface area contributed by atoms with E-state index in [1.807, 2.05) is 0 Å². The molecule has 5 unspecified atom stereocenters. The van der Waals surface area contributed by atoms with Gasteiger partial charge in [0.1, 0.15) is 0 Å². The van der Waals surface area contributed by atoms with Crippen molar-refractivity contribution < 1.29 is 9.84 Å². The first-order valence-corrected chi connectivity index (χ1v) is 8.45. The molecule has 3 rings (SSSR count). The van der Waals surface area contributed by atoms with Gasteiger partial charge in [-0.2, -0.15) is 0 Å². The summed E-state index contributed by atoms with van der Waals surface area (Å²) in [5.41, 5.74) is 0.143. The van der Waals surface area contributed by atoms with E-state index >= 15 is 0 Å². The monoisotopic (exact) mass is 266 g/mol. The first-order chi connectivity index (χ1) is 9.12. The molecule has 110 valence electrons. The number of rotatable bonds is 2. The van der Waals surface area contributed by atoms with E-state index in [0.29, 0.717) is 12.2 Å². The Morgan fingerprint density at radius 2 is 1.68 bits per heavy atom. The number of hydrogen-bond acceptors (Lipinski definition) is 2. The Morgan fingerprint density at radius 1 is 0.947 bits per heavy atom. The van der Waals surface area contributed by atoms with E-state index in [4.69, 9.17) is 4.74 Å². The van der Waals surface area contributed by atoms with E-state index < -0.39 is 0 Å². The number of ether oxygens (including phenoxy) is 1. The van der Waals surface area contributed by atoms with Crippen LogP contribution in [0.4, 0.5) is 0 Å². The van der Waals surface area contributed by atoms with Crippen molar-refractivity contribution in [2.45, 2.75) is 89.9 Å². The quantitative estimate of drug-likeness (QED) is 0.821. The maximum atomic E-state index is 10.2. The maximum absolute atomic E-state index is 10.2. The number of hydrogen-bond donors (Lipinski definition) is 1. The maximum Gasteiger partial charge on any atom is 0.0684 e. The van der Waals surface area contributed by atoms with E-state index in [9.17, 15) is 5.11 Å². The van der Waals surface area contributed by atoms with Crippen molar-refractivity contribution in [1.82, 2.24) is 0 Å². The van der Waals surface area contributed by atoms with Crippen LogP contribution in [0.1, 0.15) is 71.6 Å². The molecular formula is C17H30O2. The summed E-state index contributed by atoms with van der Waals surface area (Å²) in [5.74, 6) is 1.65. The van der Waals surface area contributed by atoms with Crippen LogP contribution in [0.3, 0.4) is 0 Å². The van der Waals surface area contributed by atoms with Gasteiger partial charge in [0.15, 0.2) is 0 Å². The fourth-order valence-electron chi connectivity index (χ4n) is 4.64. The smallest absolute Gasteiger partial charge is 0.0684 e. The van der Waals surface area contributed by atoms with Crippen LogP contribution in [-0.4, -0.2) is 23.4 Å². The van der Waals surface area contributed by atoms with E-state index in [-0.39, 0.29) is 11.5 Å². The summed E-state index contributed by atoms with van der Waals surface area (Å²) in [6.45, 7) is 4.74. The van der Waals surface area contributed by atoms with E-state index in [1.165, 1.54) is 51.4 Å². The molecule has 2 nitrogen and oxygen atoms in total. The number of aliphatic hydroxyl groups is 1. The molecule has 19 heavy (non-hydrogen) atoms. The summed E-state index contributed by atoms with van der Waals surface area (Å²) in [7, 11) is 0. The molecule has 3 aliphatic rings. The van der Waals surface area contributed by atoms with Gasteiger partial charge in [0.25, 0.3) is 0 Å². The third kappa shape index (κ3) is 2.47. The molecule has 0 bridgehead atoms. The Morgan fingerprint density at radius 3 is 2.32 bits per heavy atom. The molecule has 2 heteroatoms. The Bertz CT molecular complexity index is 308. The summed E-state index contributed by atoms with van der Waals surface area (Å²) in [6.07, 6.45) is 11.7. The second-order valence-electron chi connectivity index (χ2n) is 7.56. The molecule has 0 amide bonds. The first kappa shape index (κ1) is 13.9.